The molecule has 2 N–H and O–H groups in total. The van der Waals surface area contributed by atoms with E-state index in [1.165, 1.54) is 0 Å². The fourth-order valence-electron chi connectivity index (χ4n) is 2.43. The highest BCUT2D eigenvalue weighted by Crippen LogP contribution is 2.18. The molecule has 24 heavy (non-hydrogen) atoms. The first-order valence-electron chi connectivity index (χ1n) is 8.54. The number of carbonyl (C=O) groups excluding carboxylic acids is 1. The molecule has 0 unspecified atom stereocenters. The van der Waals surface area contributed by atoms with Crippen molar-refractivity contribution < 1.29 is 4.79 Å². The molecule has 0 atom stereocenters. The van der Waals surface area contributed by atoms with Gasteiger partial charge in [-0.1, -0.05) is 6.92 Å². The minimum atomic E-state index is -0.153. The Labute approximate surface area is 144 Å². The van der Waals surface area contributed by atoms with Gasteiger partial charge in [0.05, 0.1) is 5.56 Å². The van der Waals surface area contributed by atoms with E-state index < -0.39 is 0 Å². The van der Waals surface area contributed by atoms with E-state index in [4.69, 9.17) is 0 Å². The number of pyridine rings is 1. The molecule has 128 valence electrons. The minimum absolute atomic E-state index is 0.153. The third-order valence-corrected chi connectivity index (χ3v) is 3.84. The van der Waals surface area contributed by atoms with E-state index >= 15 is 0 Å². The van der Waals surface area contributed by atoms with Gasteiger partial charge in [-0.15, -0.1) is 0 Å². The summed E-state index contributed by atoms with van der Waals surface area (Å²) < 4.78 is 0. The van der Waals surface area contributed by atoms with Gasteiger partial charge in [0, 0.05) is 37.2 Å². The van der Waals surface area contributed by atoms with E-state index in [9.17, 15) is 4.79 Å². The van der Waals surface area contributed by atoms with Crippen molar-refractivity contribution in [2.24, 2.45) is 0 Å². The lowest BCUT2D eigenvalue weighted by Gasteiger charge is -2.21. The zero-order valence-corrected chi connectivity index (χ0v) is 14.7. The Morgan fingerprint density at radius 3 is 2.29 bits per heavy atom. The summed E-state index contributed by atoms with van der Waals surface area (Å²) in [5.74, 6) is 0.636. The van der Waals surface area contributed by atoms with E-state index in [0.717, 1.165) is 43.2 Å². The van der Waals surface area contributed by atoms with Crippen molar-refractivity contribution in [3.8, 4) is 0 Å². The van der Waals surface area contributed by atoms with Gasteiger partial charge < -0.3 is 15.5 Å². The van der Waals surface area contributed by atoms with Gasteiger partial charge in [0.2, 0.25) is 0 Å². The molecule has 5 heteroatoms. The summed E-state index contributed by atoms with van der Waals surface area (Å²) in [6.45, 7) is 9.16. The summed E-state index contributed by atoms with van der Waals surface area (Å²) in [4.78, 5) is 18.8. The highest BCUT2D eigenvalue weighted by atomic mass is 16.1. The molecular formula is C19H26N4O. The predicted molar refractivity (Wildman–Crippen MR) is 101 cm³/mol. The summed E-state index contributed by atoms with van der Waals surface area (Å²) in [6, 6.07) is 11.5. The second-order valence-electron chi connectivity index (χ2n) is 5.53. The Kier molecular flexibility index (Phi) is 6.61. The van der Waals surface area contributed by atoms with Gasteiger partial charge in [0.25, 0.3) is 5.91 Å². The second kappa shape index (κ2) is 8.91. The van der Waals surface area contributed by atoms with Crippen LogP contribution in [0.25, 0.3) is 0 Å². The minimum Gasteiger partial charge on any atom is -0.372 e. The van der Waals surface area contributed by atoms with Crippen LogP contribution in [0, 0.1) is 0 Å². The lowest BCUT2D eigenvalue weighted by molar-refractivity contribution is 0.102. The van der Waals surface area contributed by atoms with Crippen molar-refractivity contribution in [2.75, 3.05) is 35.2 Å². The highest BCUT2D eigenvalue weighted by molar-refractivity contribution is 6.04. The number of nitrogens with one attached hydrogen (secondary N) is 2. The van der Waals surface area contributed by atoms with Crippen LogP contribution in [-0.2, 0) is 0 Å². The molecule has 0 fully saturated rings. The SMILES string of the molecule is CCCNc1ccc(C(=O)Nc2ccc(N(CC)CC)cc2)cn1. The van der Waals surface area contributed by atoms with E-state index in [1.54, 1.807) is 12.3 Å². The van der Waals surface area contributed by atoms with Gasteiger partial charge in [-0.25, -0.2) is 4.98 Å². The monoisotopic (exact) mass is 326 g/mol. The number of nitrogens with zero attached hydrogens (tertiary/aromatic N) is 2. The van der Waals surface area contributed by atoms with Crippen molar-refractivity contribution >= 4 is 23.1 Å². The summed E-state index contributed by atoms with van der Waals surface area (Å²) in [6.07, 6.45) is 2.63. The standard InChI is InChI=1S/C19H26N4O/c1-4-13-20-18-12-7-15(14-21-18)19(24)22-16-8-10-17(11-9-16)23(5-2)6-3/h7-12,14H,4-6,13H2,1-3H3,(H,20,21)(H,22,24). The van der Waals surface area contributed by atoms with Crippen LogP contribution in [0.5, 0.6) is 0 Å². The lowest BCUT2D eigenvalue weighted by atomic mass is 10.2. The molecular weight excluding hydrogens is 300 g/mol. The van der Waals surface area contributed by atoms with Crippen LogP contribution in [0.2, 0.25) is 0 Å². The number of hydrogen-bond donors (Lipinski definition) is 2. The van der Waals surface area contributed by atoms with Crippen LogP contribution in [0.1, 0.15) is 37.6 Å². The predicted octanol–water partition coefficient (Wildman–Crippen LogP) is 4.00. The Morgan fingerprint density at radius 1 is 1.04 bits per heavy atom. The summed E-state index contributed by atoms with van der Waals surface area (Å²) >= 11 is 0. The highest BCUT2D eigenvalue weighted by Gasteiger charge is 2.07. The van der Waals surface area contributed by atoms with Gasteiger partial charge >= 0.3 is 0 Å². The molecule has 0 saturated heterocycles. The van der Waals surface area contributed by atoms with E-state index in [0.29, 0.717) is 5.56 Å². The molecule has 0 saturated carbocycles. The summed E-state index contributed by atoms with van der Waals surface area (Å²) in [5, 5.41) is 6.10. The van der Waals surface area contributed by atoms with Crippen LogP contribution < -0.4 is 15.5 Å². The normalized spacial score (nSPS) is 10.3. The maximum absolute atomic E-state index is 12.3. The first-order valence-corrected chi connectivity index (χ1v) is 8.54. The average molecular weight is 326 g/mol. The van der Waals surface area contributed by atoms with Crippen molar-refractivity contribution in [3.05, 3.63) is 48.2 Å². The Hall–Kier alpha value is -2.56. The maximum Gasteiger partial charge on any atom is 0.257 e. The molecule has 2 rings (SSSR count). The first kappa shape index (κ1) is 17.8. The largest absolute Gasteiger partial charge is 0.372 e. The number of rotatable bonds is 8. The van der Waals surface area contributed by atoms with Gasteiger partial charge in [-0.3, -0.25) is 4.79 Å². The molecule has 2 aromatic rings. The molecule has 0 aliphatic carbocycles. The second-order valence-corrected chi connectivity index (χ2v) is 5.53. The fourth-order valence-corrected chi connectivity index (χ4v) is 2.43. The zero-order chi connectivity index (χ0) is 17.4. The number of hydrogen-bond acceptors (Lipinski definition) is 4. The summed E-state index contributed by atoms with van der Waals surface area (Å²) in [5.41, 5.74) is 2.49. The van der Waals surface area contributed by atoms with Crippen molar-refractivity contribution in [1.29, 1.82) is 0 Å². The number of anilines is 3. The molecule has 1 aromatic heterocycles. The van der Waals surface area contributed by atoms with Crippen LogP contribution in [0.4, 0.5) is 17.2 Å². The van der Waals surface area contributed by atoms with Gasteiger partial charge in [0.15, 0.2) is 0 Å². The molecule has 1 heterocycles. The Bertz CT molecular complexity index is 633. The molecule has 0 radical (unpaired) electrons. The van der Waals surface area contributed by atoms with Crippen molar-refractivity contribution in [1.82, 2.24) is 4.98 Å². The summed E-state index contributed by atoms with van der Waals surface area (Å²) in [7, 11) is 0. The third kappa shape index (κ3) is 4.72. The Morgan fingerprint density at radius 2 is 1.75 bits per heavy atom. The smallest absolute Gasteiger partial charge is 0.257 e. The first-order chi connectivity index (χ1) is 11.7. The topological polar surface area (TPSA) is 57.3 Å². The van der Waals surface area contributed by atoms with Crippen LogP contribution >= 0.6 is 0 Å². The third-order valence-electron chi connectivity index (χ3n) is 3.84. The average Bonchev–Trinajstić information content (AvgIpc) is 2.62. The quantitative estimate of drug-likeness (QED) is 0.770. The van der Waals surface area contributed by atoms with Crippen LogP contribution in [-0.4, -0.2) is 30.5 Å². The molecule has 0 bridgehead atoms. The molecule has 1 amide bonds. The molecule has 0 aliphatic rings. The molecule has 0 spiro atoms. The van der Waals surface area contributed by atoms with Gasteiger partial charge in [-0.2, -0.15) is 0 Å². The molecule has 5 nitrogen and oxygen atoms in total. The van der Waals surface area contributed by atoms with Gasteiger partial charge in [-0.05, 0) is 56.7 Å². The number of benzene rings is 1. The van der Waals surface area contributed by atoms with Crippen LogP contribution in [0.3, 0.4) is 0 Å². The van der Waals surface area contributed by atoms with Crippen molar-refractivity contribution in [3.63, 3.8) is 0 Å². The van der Waals surface area contributed by atoms with Gasteiger partial charge in [0.1, 0.15) is 5.82 Å². The van der Waals surface area contributed by atoms with E-state index in [2.05, 4.69) is 41.3 Å². The zero-order valence-electron chi connectivity index (χ0n) is 14.7. The number of carbonyl (C=O) groups is 1. The molecule has 0 aliphatic heterocycles. The van der Waals surface area contributed by atoms with Crippen molar-refractivity contribution in [2.45, 2.75) is 27.2 Å². The van der Waals surface area contributed by atoms with E-state index in [-0.39, 0.29) is 5.91 Å². The Balaban J connectivity index is 1.98. The number of amides is 1. The molecule has 1 aromatic carbocycles. The number of aromatic nitrogens is 1. The van der Waals surface area contributed by atoms with E-state index in [1.807, 2.05) is 30.3 Å². The van der Waals surface area contributed by atoms with Crippen LogP contribution in [0.15, 0.2) is 42.6 Å². The lowest BCUT2D eigenvalue weighted by Crippen LogP contribution is -2.21. The maximum atomic E-state index is 12.3. The fraction of sp³-hybridized carbons (Fsp3) is 0.368.